The first-order valence-electron chi connectivity index (χ1n) is 6.22. The Bertz CT molecular complexity index is 470. The number of nitrogens with two attached hydrogens (primary N) is 1. The standard InChI is InChI=1S/C13H18N2O4/c1-18-12-3-2-10(8-11(12)15(16)17)9-13(14)4-6-19-7-5-13/h2-3,8H,4-7,9,14H2,1H3. The number of nitro benzene ring substituents is 1. The number of ether oxygens (including phenoxy) is 2. The smallest absolute Gasteiger partial charge is 0.311 e. The van der Waals surface area contributed by atoms with Gasteiger partial charge in [0.25, 0.3) is 0 Å². The van der Waals surface area contributed by atoms with Gasteiger partial charge in [-0.25, -0.2) is 0 Å². The van der Waals surface area contributed by atoms with E-state index < -0.39 is 4.92 Å². The summed E-state index contributed by atoms with van der Waals surface area (Å²) in [4.78, 5) is 10.5. The van der Waals surface area contributed by atoms with Gasteiger partial charge in [0.2, 0.25) is 0 Å². The molecule has 1 fully saturated rings. The van der Waals surface area contributed by atoms with Crippen LogP contribution in [-0.4, -0.2) is 30.8 Å². The number of hydrogen-bond donors (Lipinski definition) is 1. The van der Waals surface area contributed by atoms with Crippen LogP contribution in [0.25, 0.3) is 0 Å². The third-order valence-corrected chi connectivity index (χ3v) is 3.48. The topological polar surface area (TPSA) is 87.6 Å². The van der Waals surface area contributed by atoms with Gasteiger partial charge in [-0.3, -0.25) is 10.1 Å². The predicted molar refractivity (Wildman–Crippen MR) is 70.3 cm³/mol. The molecule has 104 valence electrons. The summed E-state index contributed by atoms with van der Waals surface area (Å²) in [6.07, 6.45) is 2.15. The van der Waals surface area contributed by atoms with Gasteiger partial charge in [0, 0.05) is 24.8 Å². The maximum Gasteiger partial charge on any atom is 0.311 e. The van der Waals surface area contributed by atoms with E-state index in [1.165, 1.54) is 7.11 Å². The maximum absolute atomic E-state index is 11.0. The van der Waals surface area contributed by atoms with Gasteiger partial charge in [-0.15, -0.1) is 0 Å². The summed E-state index contributed by atoms with van der Waals surface area (Å²) < 4.78 is 10.3. The van der Waals surface area contributed by atoms with Crippen molar-refractivity contribution in [1.82, 2.24) is 0 Å². The lowest BCUT2D eigenvalue weighted by atomic mass is 9.85. The Hall–Kier alpha value is -1.66. The lowest BCUT2D eigenvalue weighted by Crippen LogP contribution is -2.46. The Kier molecular flexibility index (Phi) is 4.01. The van der Waals surface area contributed by atoms with Crippen LogP contribution in [0.3, 0.4) is 0 Å². The molecule has 1 saturated heterocycles. The van der Waals surface area contributed by atoms with E-state index in [1.807, 2.05) is 6.07 Å². The van der Waals surface area contributed by atoms with Crippen molar-refractivity contribution in [2.24, 2.45) is 5.73 Å². The number of nitro groups is 1. The first kappa shape index (κ1) is 13.8. The molecule has 0 unspecified atom stereocenters. The van der Waals surface area contributed by atoms with Crippen molar-refractivity contribution in [3.8, 4) is 5.75 Å². The van der Waals surface area contributed by atoms with E-state index >= 15 is 0 Å². The molecular weight excluding hydrogens is 248 g/mol. The highest BCUT2D eigenvalue weighted by Gasteiger charge is 2.29. The molecule has 0 saturated carbocycles. The van der Waals surface area contributed by atoms with Crippen molar-refractivity contribution in [3.05, 3.63) is 33.9 Å². The van der Waals surface area contributed by atoms with E-state index in [4.69, 9.17) is 15.2 Å². The van der Waals surface area contributed by atoms with Crippen LogP contribution in [0.2, 0.25) is 0 Å². The minimum atomic E-state index is -0.435. The van der Waals surface area contributed by atoms with E-state index in [0.717, 1.165) is 18.4 Å². The molecule has 1 aliphatic heterocycles. The van der Waals surface area contributed by atoms with Gasteiger partial charge in [-0.2, -0.15) is 0 Å². The van der Waals surface area contributed by atoms with Crippen molar-refractivity contribution in [2.45, 2.75) is 24.8 Å². The molecule has 0 aliphatic carbocycles. The zero-order valence-corrected chi connectivity index (χ0v) is 10.9. The van der Waals surface area contributed by atoms with E-state index in [2.05, 4.69) is 0 Å². The molecule has 0 spiro atoms. The molecule has 6 nitrogen and oxygen atoms in total. The van der Waals surface area contributed by atoms with Crippen LogP contribution in [0.5, 0.6) is 5.75 Å². The van der Waals surface area contributed by atoms with E-state index in [0.29, 0.717) is 19.6 Å². The summed E-state index contributed by atoms with van der Waals surface area (Å²) in [7, 11) is 1.42. The van der Waals surface area contributed by atoms with Crippen molar-refractivity contribution in [1.29, 1.82) is 0 Å². The highest BCUT2D eigenvalue weighted by Crippen LogP contribution is 2.30. The molecule has 1 aromatic carbocycles. The lowest BCUT2D eigenvalue weighted by molar-refractivity contribution is -0.385. The second kappa shape index (κ2) is 5.54. The second-order valence-electron chi connectivity index (χ2n) is 4.91. The molecule has 6 heteroatoms. The van der Waals surface area contributed by atoms with Gasteiger partial charge < -0.3 is 15.2 Å². The third-order valence-electron chi connectivity index (χ3n) is 3.48. The van der Waals surface area contributed by atoms with Crippen LogP contribution >= 0.6 is 0 Å². The number of benzene rings is 1. The Morgan fingerprint density at radius 2 is 2.16 bits per heavy atom. The largest absolute Gasteiger partial charge is 0.490 e. The van der Waals surface area contributed by atoms with Crippen molar-refractivity contribution < 1.29 is 14.4 Å². The molecule has 2 rings (SSSR count). The first-order valence-corrected chi connectivity index (χ1v) is 6.22. The second-order valence-corrected chi connectivity index (χ2v) is 4.91. The molecule has 1 aliphatic rings. The lowest BCUT2D eigenvalue weighted by Gasteiger charge is -2.33. The summed E-state index contributed by atoms with van der Waals surface area (Å²) >= 11 is 0. The molecular formula is C13H18N2O4. The molecule has 19 heavy (non-hydrogen) atoms. The summed E-state index contributed by atoms with van der Waals surface area (Å²) in [6, 6.07) is 5.00. The fourth-order valence-corrected chi connectivity index (χ4v) is 2.35. The molecule has 0 aromatic heterocycles. The highest BCUT2D eigenvalue weighted by atomic mass is 16.6. The van der Waals surface area contributed by atoms with Gasteiger partial charge in [0.15, 0.2) is 5.75 Å². The van der Waals surface area contributed by atoms with E-state index in [-0.39, 0.29) is 17.0 Å². The quantitative estimate of drug-likeness (QED) is 0.661. The molecule has 1 aromatic rings. The fraction of sp³-hybridized carbons (Fsp3) is 0.538. The number of hydrogen-bond acceptors (Lipinski definition) is 5. The minimum absolute atomic E-state index is 0.0179. The van der Waals surface area contributed by atoms with Crippen molar-refractivity contribution >= 4 is 5.69 Å². The number of nitrogens with zero attached hydrogens (tertiary/aromatic N) is 1. The van der Waals surface area contributed by atoms with Crippen LogP contribution in [0.1, 0.15) is 18.4 Å². The molecule has 1 heterocycles. The molecule has 0 amide bonds. The monoisotopic (exact) mass is 266 g/mol. The van der Waals surface area contributed by atoms with Gasteiger partial charge >= 0.3 is 5.69 Å². The number of rotatable bonds is 4. The Labute approximate surface area is 111 Å². The van der Waals surface area contributed by atoms with Crippen molar-refractivity contribution in [3.63, 3.8) is 0 Å². The Morgan fingerprint density at radius 1 is 1.47 bits per heavy atom. The predicted octanol–water partition coefficient (Wildman–Crippen LogP) is 1.65. The summed E-state index contributed by atoms with van der Waals surface area (Å²) in [5, 5.41) is 11.0. The third kappa shape index (κ3) is 3.21. The van der Waals surface area contributed by atoms with E-state index in [1.54, 1.807) is 12.1 Å². The molecule has 0 atom stereocenters. The van der Waals surface area contributed by atoms with Crippen LogP contribution in [0.15, 0.2) is 18.2 Å². The normalized spacial score (nSPS) is 18.0. The van der Waals surface area contributed by atoms with Crippen LogP contribution < -0.4 is 10.5 Å². The van der Waals surface area contributed by atoms with E-state index in [9.17, 15) is 10.1 Å². The highest BCUT2D eigenvalue weighted by molar-refractivity contribution is 5.49. The zero-order valence-electron chi connectivity index (χ0n) is 10.9. The molecule has 0 bridgehead atoms. The van der Waals surface area contributed by atoms with Gasteiger partial charge in [-0.1, -0.05) is 6.07 Å². The SMILES string of the molecule is COc1ccc(CC2(N)CCOCC2)cc1[N+](=O)[O-]. The molecule has 0 radical (unpaired) electrons. The maximum atomic E-state index is 11.0. The molecule has 2 N–H and O–H groups in total. The van der Waals surface area contributed by atoms with Crippen LogP contribution in [0, 0.1) is 10.1 Å². The zero-order chi connectivity index (χ0) is 13.9. The van der Waals surface area contributed by atoms with Crippen LogP contribution in [-0.2, 0) is 11.2 Å². The summed E-state index contributed by atoms with van der Waals surface area (Å²) in [6.45, 7) is 1.30. The first-order chi connectivity index (χ1) is 9.04. The fourth-order valence-electron chi connectivity index (χ4n) is 2.35. The van der Waals surface area contributed by atoms with Gasteiger partial charge in [0.05, 0.1) is 12.0 Å². The average Bonchev–Trinajstić information content (AvgIpc) is 2.39. The summed E-state index contributed by atoms with van der Waals surface area (Å²) in [5.41, 5.74) is 6.81. The summed E-state index contributed by atoms with van der Waals surface area (Å²) in [5.74, 6) is 0.270. The average molecular weight is 266 g/mol. The van der Waals surface area contributed by atoms with Gasteiger partial charge in [-0.05, 0) is 30.9 Å². The van der Waals surface area contributed by atoms with Gasteiger partial charge in [0.1, 0.15) is 0 Å². The Morgan fingerprint density at radius 3 is 2.74 bits per heavy atom. The van der Waals surface area contributed by atoms with Crippen LogP contribution in [0.4, 0.5) is 5.69 Å². The minimum Gasteiger partial charge on any atom is -0.490 e. The Balaban J connectivity index is 2.21. The van der Waals surface area contributed by atoms with Crippen molar-refractivity contribution in [2.75, 3.05) is 20.3 Å². The number of methoxy groups -OCH3 is 1.